The van der Waals surface area contributed by atoms with E-state index in [4.69, 9.17) is 0 Å². The van der Waals surface area contributed by atoms with E-state index in [1.54, 1.807) is 0 Å². The number of amides is 2. The first kappa shape index (κ1) is 12.0. The molecule has 0 aromatic heterocycles. The maximum atomic E-state index is 13.3. The Labute approximate surface area is 100 Å². The highest BCUT2D eigenvalue weighted by Crippen LogP contribution is 2.16. The van der Waals surface area contributed by atoms with Crippen LogP contribution in [0.2, 0.25) is 0 Å². The van der Waals surface area contributed by atoms with Crippen LogP contribution in [0.4, 0.5) is 14.5 Å². The molecule has 2 amide bonds. The summed E-state index contributed by atoms with van der Waals surface area (Å²) in [7, 11) is 0. The number of carbonyl (C=O) groups excluding carboxylic acids is 2. The van der Waals surface area contributed by atoms with E-state index >= 15 is 0 Å². The summed E-state index contributed by atoms with van der Waals surface area (Å²) in [4.78, 5) is 22.3. The lowest BCUT2D eigenvalue weighted by Crippen LogP contribution is -2.26. The quantitative estimate of drug-likeness (QED) is 0.870. The van der Waals surface area contributed by atoms with Gasteiger partial charge >= 0.3 is 0 Å². The molecule has 0 bridgehead atoms. The van der Waals surface area contributed by atoms with Gasteiger partial charge in [0, 0.05) is 12.1 Å². The number of hydrogen-bond acceptors (Lipinski definition) is 3. The molecule has 1 aromatic rings. The molecule has 1 aromatic carbocycles. The highest BCUT2D eigenvalue weighted by molar-refractivity contribution is 5.98. The number of carbonyl (C=O) groups is 2. The molecule has 92 valence electrons. The normalized spacial score (nSPS) is 17.9. The second-order valence-corrected chi connectivity index (χ2v) is 3.47. The molecule has 18 heavy (non-hydrogen) atoms. The minimum absolute atomic E-state index is 0.165. The van der Waals surface area contributed by atoms with E-state index in [9.17, 15) is 18.4 Å². The van der Waals surface area contributed by atoms with Crippen LogP contribution in [-0.4, -0.2) is 17.9 Å². The van der Waals surface area contributed by atoms with Crippen LogP contribution in [-0.2, 0) is 9.59 Å². The third-order valence-corrected chi connectivity index (χ3v) is 2.16. The molecule has 0 saturated heterocycles. The number of hydrogen-bond donors (Lipinski definition) is 1. The summed E-state index contributed by atoms with van der Waals surface area (Å²) in [6.45, 7) is 0. The molecule has 7 heteroatoms. The van der Waals surface area contributed by atoms with Gasteiger partial charge in [0.05, 0.1) is 5.69 Å². The van der Waals surface area contributed by atoms with Gasteiger partial charge in [0.15, 0.2) is 6.04 Å². The Kier molecular flexibility index (Phi) is 3.22. The van der Waals surface area contributed by atoms with Gasteiger partial charge in [-0.2, -0.15) is 5.11 Å². The zero-order valence-corrected chi connectivity index (χ0v) is 8.93. The molecule has 0 aliphatic carbocycles. The predicted octanol–water partition coefficient (Wildman–Crippen LogP) is 1.82. The Morgan fingerprint density at radius 3 is 2.72 bits per heavy atom. The van der Waals surface area contributed by atoms with Crippen LogP contribution in [0.5, 0.6) is 0 Å². The number of nitrogens with zero attached hydrogens (tertiary/aromatic N) is 2. The van der Waals surface area contributed by atoms with Crippen molar-refractivity contribution >= 4 is 17.5 Å². The van der Waals surface area contributed by atoms with Gasteiger partial charge in [-0.25, -0.2) is 8.78 Å². The van der Waals surface area contributed by atoms with E-state index in [2.05, 4.69) is 15.5 Å². The smallest absolute Gasteiger partial charge is 0.287 e. The van der Waals surface area contributed by atoms with Gasteiger partial charge in [0.25, 0.3) is 11.8 Å². The highest BCUT2D eigenvalue weighted by atomic mass is 19.1. The summed E-state index contributed by atoms with van der Waals surface area (Å²) in [5.74, 6) is -2.86. The molecule has 0 spiro atoms. The second-order valence-electron chi connectivity index (χ2n) is 3.47. The summed E-state index contributed by atoms with van der Waals surface area (Å²) >= 11 is 0. The van der Waals surface area contributed by atoms with Crippen molar-refractivity contribution in [3.63, 3.8) is 0 Å². The van der Waals surface area contributed by atoms with Crippen molar-refractivity contribution in [2.45, 2.75) is 6.04 Å². The van der Waals surface area contributed by atoms with Crippen molar-refractivity contribution in [2.75, 3.05) is 5.32 Å². The molecule has 0 fully saturated rings. The maximum Gasteiger partial charge on any atom is 0.287 e. The predicted molar refractivity (Wildman–Crippen MR) is 57.8 cm³/mol. The SMILES string of the molecule is O=C1C=CC(C(=O)Nc2ccc(F)cc2F)N=N1. The fraction of sp³-hybridized carbons (Fsp3) is 0.0909. The van der Waals surface area contributed by atoms with E-state index in [-0.39, 0.29) is 5.69 Å². The number of benzene rings is 1. The Balaban J connectivity index is 2.10. The molecule has 1 heterocycles. The zero-order chi connectivity index (χ0) is 13.1. The van der Waals surface area contributed by atoms with Crippen molar-refractivity contribution in [2.24, 2.45) is 10.2 Å². The third-order valence-electron chi connectivity index (χ3n) is 2.16. The number of nitrogens with one attached hydrogen (secondary N) is 1. The lowest BCUT2D eigenvalue weighted by Gasteiger charge is -2.10. The lowest BCUT2D eigenvalue weighted by molar-refractivity contribution is -0.117. The summed E-state index contributed by atoms with van der Waals surface area (Å²) in [6.07, 6.45) is 2.34. The molecule has 1 N–H and O–H groups in total. The van der Waals surface area contributed by atoms with Crippen LogP contribution in [0.3, 0.4) is 0 Å². The van der Waals surface area contributed by atoms with Gasteiger partial charge in [-0.05, 0) is 18.2 Å². The van der Waals surface area contributed by atoms with Gasteiger partial charge in [-0.1, -0.05) is 0 Å². The van der Waals surface area contributed by atoms with E-state index < -0.39 is 29.5 Å². The van der Waals surface area contributed by atoms with Gasteiger partial charge in [-0.3, -0.25) is 9.59 Å². The number of azo groups is 1. The first-order valence-electron chi connectivity index (χ1n) is 4.95. The van der Waals surface area contributed by atoms with Crippen LogP contribution in [0, 0.1) is 11.6 Å². The van der Waals surface area contributed by atoms with Crippen LogP contribution >= 0.6 is 0 Å². The first-order chi connectivity index (χ1) is 8.56. The Morgan fingerprint density at radius 2 is 2.11 bits per heavy atom. The molecule has 1 aliphatic rings. The molecular formula is C11H7F2N3O2. The van der Waals surface area contributed by atoms with E-state index in [0.717, 1.165) is 18.2 Å². The monoisotopic (exact) mass is 251 g/mol. The van der Waals surface area contributed by atoms with Gasteiger partial charge in [0.2, 0.25) is 0 Å². The fourth-order valence-corrected chi connectivity index (χ4v) is 1.30. The lowest BCUT2D eigenvalue weighted by atomic mass is 10.2. The minimum Gasteiger partial charge on any atom is -0.321 e. The van der Waals surface area contributed by atoms with E-state index in [1.807, 2.05) is 0 Å². The molecule has 1 atom stereocenters. The summed E-state index contributed by atoms with van der Waals surface area (Å²) in [6, 6.07) is 1.77. The van der Waals surface area contributed by atoms with Crippen LogP contribution < -0.4 is 5.32 Å². The van der Waals surface area contributed by atoms with Gasteiger partial charge < -0.3 is 5.32 Å². The number of anilines is 1. The van der Waals surface area contributed by atoms with Gasteiger partial charge in [0.1, 0.15) is 11.6 Å². The molecule has 2 rings (SSSR count). The van der Waals surface area contributed by atoms with Crippen LogP contribution in [0.1, 0.15) is 0 Å². The van der Waals surface area contributed by atoms with Crippen molar-refractivity contribution in [3.8, 4) is 0 Å². The molecule has 1 aliphatic heterocycles. The largest absolute Gasteiger partial charge is 0.321 e. The summed E-state index contributed by atoms with van der Waals surface area (Å²) in [5, 5.41) is 8.85. The van der Waals surface area contributed by atoms with E-state index in [1.165, 1.54) is 6.08 Å². The second kappa shape index (κ2) is 4.82. The third kappa shape index (κ3) is 2.62. The average molecular weight is 251 g/mol. The van der Waals surface area contributed by atoms with Crippen molar-refractivity contribution in [1.82, 2.24) is 0 Å². The van der Waals surface area contributed by atoms with Crippen LogP contribution in [0.25, 0.3) is 0 Å². The van der Waals surface area contributed by atoms with Gasteiger partial charge in [-0.15, -0.1) is 5.11 Å². The van der Waals surface area contributed by atoms with Crippen molar-refractivity contribution in [3.05, 3.63) is 42.0 Å². The molecule has 0 radical (unpaired) electrons. The number of halogens is 2. The molecule has 1 unspecified atom stereocenters. The summed E-state index contributed by atoms with van der Waals surface area (Å²) in [5.41, 5.74) is -0.165. The highest BCUT2D eigenvalue weighted by Gasteiger charge is 2.19. The standard InChI is InChI=1S/C11H7F2N3O2/c12-6-1-2-8(7(13)5-6)14-11(18)9-3-4-10(17)16-15-9/h1-5,9H,(H,14,18). The summed E-state index contributed by atoms with van der Waals surface area (Å²) < 4.78 is 25.9. The number of rotatable bonds is 2. The minimum atomic E-state index is -0.993. The zero-order valence-electron chi connectivity index (χ0n) is 8.93. The molecule has 5 nitrogen and oxygen atoms in total. The molecule has 0 saturated carbocycles. The maximum absolute atomic E-state index is 13.3. The van der Waals surface area contributed by atoms with Crippen LogP contribution in [0.15, 0.2) is 40.6 Å². The Morgan fingerprint density at radius 1 is 1.33 bits per heavy atom. The Hall–Kier alpha value is -2.44. The topological polar surface area (TPSA) is 70.9 Å². The fourth-order valence-electron chi connectivity index (χ4n) is 1.30. The first-order valence-corrected chi connectivity index (χ1v) is 4.95. The Bertz CT molecular complexity index is 553. The average Bonchev–Trinajstić information content (AvgIpc) is 2.33. The molecular weight excluding hydrogens is 244 g/mol. The van der Waals surface area contributed by atoms with Crippen molar-refractivity contribution < 1.29 is 18.4 Å². The van der Waals surface area contributed by atoms with Crippen molar-refractivity contribution in [1.29, 1.82) is 0 Å². The van der Waals surface area contributed by atoms with E-state index in [0.29, 0.717) is 6.07 Å².